The molecule has 1 fully saturated rings. The standard InChI is InChI=1S/C24H24F3N5O/c25-24(26,27)22-17(11-28-31-22)21-15-8-4-3-7-14(15)20-16-12-29-32(19(16)10-9-18(20)30-21)23(33)13-5-1-2-6-13/h9-13,23,33H,1-8H2,(H,28,31). The Morgan fingerprint density at radius 1 is 1.03 bits per heavy atom. The van der Waals surface area contributed by atoms with Crippen LogP contribution in [0.15, 0.2) is 24.5 Å². The van der Waals surface area contributed by atoms with E-state index in [0.29, 0.717) is 17.6 Å². The number of halogens is 3. The molecule has 2 aliphatic rings. The Labute approximate surface area is 187 Å². The van der Waals surface area contributed by atoms with E-state index in [1.807, 2.05) is 12.1 Å². The van der Waals surface area contributed by atoms with Gasteiger partial charge in [0.1, 0.15) is 11.9 Å². The van der Waals surface area contributed by atoms with E-state index in [1.54, 1.807) is 10.9 Å². The average molecular weight is 455 g/mol. The molecule has 3 heterocycles. The van der Waals surface area contributed by atoms with Gasteiger partial charge in [-0.05, 0) is 61.8 Å². The number of rotatable bonds is 3. The first kappa shape index (κ1) is 20.7. The highest BCUT2D eigenvalue weighted by atomic mass is 19.4. The van der Waals surface area contributed by atoms with E-state index in [4.69, 9.17) is 4.98 Å². The van der Waals surface area contributed by atoms with Gasteiger partial charge in [0.15, 0.2) is 0 Å². The summed E-state index contributed by atoms with van der Waals surface area (Å²) in [5.41, 5.74) is 2.86. The lowest BCUT2D eigenvalue weighted by Gasteiger charge is -2.22. The van der Waals surface area contributed by atoms with Gasteiger partial charge in [-0.15, -0.1) is 0 Å². The molecule has 0 bridgehead atoms. The molecule has 6 nitrogen and oxygen atoms in total. The number of fused-ring (bicyclic) bond motifs is 5. The topological polar surface area (TPSA) is 79.6 Å². The average Bonchev–Trinajstić information content (AvgIpc) is 3.57. The fourth-order valence-electron chi connectivity index (χ4n) is 5.72. The molecule has 0 amide bonds. The zero-order valence-electron chi connectivity index (χ0n) is 18.0. The number of H-pyrrole nitrogens is 1. The van der Waals surface area contributed by atoms with Gasteiger partial charge in [0, 0.05) is 16.7 Å². The van der Waals surface area contributed by atoms with Crippen molar-refractivity contribution in [3.63, 3.8) is 0 Å². The summed E-state index contributed by atoms with van der Waals surface area (Å²) in [6.45, 7) is 0. The van der Waals surface area contributed by atoms with Crippen molar-refractivity contribution < 1.29 is 18.3 Å². The maximum Gasteiger partial charge on any atom is 0.433 e. The van der Waals surface area contributed by atoms with Crippen molar-refractivity contribution in [3.8, 4) is 11.3 Å². The highest BCUT2D eigenvalue weighted by molar-refractivity contribution is 6.08. The number of aromatic amines is 1. The number of alkyl halides is 3. The van der Waals surface area contributed by atoms with Crippen LogP contribution in [-0.2, 0) is 19.0 Å². The van der Waals surface area contributed by atoms with Crippen molar-refractivity contribution in [1.29, 1.82) is 0 Å². The summed E-state index contributed by atoms with van der Waals surface area (Å²) < 4.78 is 42.5. The summed E-state index contributed by atoms with van der Waals surface area (Å²) in [4.78, 5) is 4.73. The van der Waals surface area contributed by atoms with E-state index in [-0.39, 0.29) is 11.5 Å². The predicted molar refractivity (Wildman–Crippen MR) is 117 cm³/mol. The highest BCUT2D eigenvalue weighted by Crippen LogP contribution is 2.42. The number of benzene rings is 1. The van der Waals surface area contributed by atoms with Crippen LogP contribution in [0, 0.1) is 5.92 Å². The highest BCUT2D eigenvalue weighted by Gasteiger charge is 2.37. The first-order chi connectivity index (χ1) is 15.9. The van der Waals surface area contributed by atoms with Crippen molar-refractivity contribution in [3.05, 3.63) is 41.3 Å². The van der Waals surface area contributed by atoms with Crippen molar-refractivity contribution >= 4 is 21.8 Å². The quantitative estimate of drug-likeness (QED) is 0.424. The molecule has 2 aliphatic carbocycles. The summed E-state index contributed by atoms with van der Waals surface area (Å²) in [5, 5.41) is 23.1. The Morgan fingerprint density at radius 3 is 2.55 bits per heavy atom. The number of nitrogens with zero attached hydrogens (tertiary/aromatic N) is 4. The Morgan fingerprint density at radius 2 is 1.79 bits per heavy atom. The Kier molecular flexibility index (Phi) is 4.72. The molecule has 9 heteroatoms. The zero-order chi connectivity index (χ0) is 22.7. The molecule has 1 aromatic carbocycles. The number of aliphatic hydroxyl groups is 1. The van der Waals surface area contributed by atoms with E-state index in [2.05, 4.69) is 15.3 Å². The molecule has 0 radical (unpaired) electrons. The molecule has 0 spiro atoms. The molecule has 0 saturated heterocycles. The fourth-order valence-corrected chi connectivity index (χ4v) is 5.72. The van der Waals surface area contributed by atoms with Crippen molar-refractivity contribution in [1.82, 2.24) is 25.0 Å². The van der Waals surface area contributed by atoms with E-state index in [1.165, 1.54) is 6.20 Å². The Bertz CT molecular complexity index is 1350. The van der Waals surface area contributed by atoms with Crippen LogP contribution in [-0.4, -0.2) is 30.1 Å². The summed E-state index contributed by atoms with van der Waals surface area (Å²) >= 11 is 0. The molecule has 3 aromatic heterocycles. The molecule has 4 aromatic rings. The van der Waals surface area contributed by atoms with Crippen LogP contribution in [0.5, 0.6) is 0 Å². The van der Waals surface area contributed by atoms with E-state index < -0.39 is 18.1 Å². The third-order valence-electron chi connectivity index (χ3n) is 7.30. The monoisotopic (exact) mass is 455 g/mol. The summed E-state index contributed by atoms with van der Waals surface area (Å²) in [7, 11) is 0. The number of hydrogen-bond acceptors (Lipinski definition) is 4. The normalized spacial score (nSPS) is 18.3. The number of hydrogen-bond donors (Lipinski definition) is 2. The minimum atomic E-state index is -4.54. The smallest absolute Gasteiger partial charge is 0.371 e. The minimum absolute atomic E-state index is 0.00463. The zero-order valence-corrected chi connectivity index (χ0v) is 18.0. The molecular weight excluding hydrogens is 431 g/mol. The molecule has 33 heavy (non-hydrogen) atoms. The molecular formula is C24H24F3N5O. The maximum atomic E-state index is 13.6. The second kappa shape index (κ2) is 7.55. The summed E-state index contributed by atoms with van der Waals surface area (Å²) in [6.07, 6.45) is 5.32. The van der Waals surface area contributed by atoms with Crippen LogP contribution in [0.1, 0.15) is 61.6 Å². The second-order valence-electron chi connectivity index (χ2n) is 9.22. The molecule has 1 saturated carbocycles. The molecule has 0 aliphatic heterocycles. The number of aromatic nitrogens is 5. The van der Waals surface area contributed by atoms with Gasteiger partial charge in [-0.2, -0.15) is 23.4 Å². The van der Waals surface area contributed by atoms with E-state index in [9.17, 15) is 18.3 Å². The van der Waals surface area contributed by atoms with Gasteiger partial charge in [-0.1, -0.05) is 12.8 Å². The Hall–Kier alpha value is -2.94. The van der Waals surface area contributed by atoms with Crippen molar-refractivity contribution in [2.45, 2.75) is 63.8 Å². The van der Waals surface area contributed by atoms with Crippen LogP contribution in [0.4, 0.5) is 13.2 Å². The third-order valence-corrected chi connectivity index (χ3v) is 7.30. The van der Waals surface area contributed by atoms with Crippen LogP contribution in [0.3, 0.4) is 0 Å². The molecule has 1 unspecified atom stereocenters. The second-order valence-corrected chi connectivity index (χ2v) is 9.22. The van der Waals surface area contributed by atoms with Crippen LogP contribution < -0.4 is 0 Å². The minimum Gasteiger partial charge on any atom is -0.371 e. The lowest BCUT2D eigenvalue weighted by atomic mass is 9.85. The third kappa shape index (κ3) is 3.24. The first-order valence-corrected chi connectivity index (χ1v) is 11.5. The predicted octanol–water partition coefficient (Wildman–Crippen LogP) is 5.55. The van der Waals surface area contributed by atoms with Gasteiger partial charge in [0.05, 0.1) is 34.7 Å². The number of aliphatic hydroxyl groups excluding tert-OH is 1. The summed E-state index contributed by atoms with van der Waals surface area (Å²) in [6, 6.07) is 3.71. The van der Waals surface area contributed by atoms with Gasteiger partial charge < -0.3 is 5.11 Å². The van der Waals surface area contributed by atoms with Crippen LogP contribution >= 0.6 is 0 Å². The van der Waals surface area contributed by atoms with Crippen LogP contribution in [0.25, 0.3) is 33.1 Å². The number of nitrogens with one attached hydrogen (secondary N) is 1. The van der Waals surface area contributed by atoms with Crippen molar-refractivity contribution in [2.24, 2.45) is 5.92 Å². The SMILES string of the molecule is OC(C1CCCC1)n1ncc2c3c4c(c(-c5cn[nH]c5C(F)(F)F)nc3ccc21)CCCC4. The Balaban J connectivity index is 1.57. The molecule has 172 valence electrons. The number of pyridine rings is 1. The van der Waals surface area contributed by atoms with Gasteiger partial charge in [0.25, 0.3) is 0 Å². The lowest BCUT2D eigenvalue weighted by molar-refractivity contribution is -0.140. The summed E-state index contributed by atoms with van der Waals surface area (Å²) in [5.74, 6) is 0.195. The fraction of sp³-hybridized carbons (Fsp3) is 0.458. The maximum absolute atomic E-state index is 13.6. The van der Waals surface area contributed by atoms with Gasteiger partial charge >= 0.3 is 6.18 Å². The van der Waals surface area contributed by atoms with Crippen molar-refractivity contribution in [2.75, 3.05) is 0 Å². The first-order valence-electron chi connectivity index (χ1n) is 11.5. The van der Waals surface area contributed by atoms with E-state index >= 15 is 0 Å². The van der Waals surface area contributed by atoms with E-state index in [0.717, 1.165) is 72.4 Å². The molecule has 2 N–H and O–H groups in total. The largest absolute Gasteiger partial charge is 0.433 e. The van der Waals surface area contributed by atoms with Crippen LogP contribution in [0.2, 0.25) is 0 Å². The lowest BCUT2D eigenvalue weighted by Crippen LogP contribution is -2.17. The van der Waals surface area contributed by atoms with Gasteiger partial charge in [-0.3, -0.25) is 5.10 Å². The molecule has 1 atom stereocenters. The van der Waals surface area contributed by atoms with Gasteiger partial charge in [-0.25, -0.2) is 9.67 Å². The molecule has 6 rings (SSSR count). The number of aryl methyl sites for hydroxylation is 1. The van der Waals surface area contributed by atoms with Gasteiger partial charge in [0.2, 0.25) is 0 Å².